The van der Waals surface area contributed by atoms with E-state index in [1.54, 1.807) is 0 Å². The van der Waals surface area contributed by atoms with Crippen LogP contribution in [-0.2, 0) is 14.3 Å². The Bertz CT molecular complexity index is 1620. The lowest BCUT2D eigenvalue weighted by molar-refractivity contribution is -0.155. The van der Waals surface area contributed by atoms with Crippen molar-refractivity contribution in [3.05, 3.63) is 68.7 Å². The van der Waals surface area contributed by atoms with Crippen LogP contribution in [0.1, 0.15) is 94.6 Å². The van der Waals surface area contributed by atoms with Crippen LogP contribution in [0.5, 0.6) is 0 Å². The van der Waals surface area contributed by atoms with E-state index in [0.717, 1.165) is 40.4 Å². The van der Waals surface area contributed by atoms with Gasteiger partial charge in [0.1, 0.15) is 17.0 Å². The number of pyridine rings is 1. The summed E-state index contributed by atoms with van der Waals surface area (Å²) in [5.74, 6) is -0.0637. The summed E-state index contributed by atoms with van der Waals surface area (Å²) in [4.78, 5) is 46.4. The quantitative estimate of drug-likeness (QED) is 0.214. The number of halogens is 2. The van der Waals surface area contributed by atoms with Crippen molar-refractivity contribution in [3.8, 4) is 0 Å². The van der Waals surface area contributed by atoms with E-state index < -0.39 is 17.3 Å². The summed E-state index contributed by atoms with van der Waals surface area (Å²) in [6.07, 6.45) is 1.85. The van der Waals surface area contributed by atoms with Crippen molar-refractivity contribution in [3.63, 3.8) is 0 Å². The second-order valence-electron chi connectivity index (χ2n) is 14.1. The Kier molecular flexibility index (Phi) is 11.8. The standard InChI is InChI=1S/C36H46BrClN4O5/c1-22-31(33(44)39-20-23(26-12-8-9-13-28(26)38)14-17-30(43)46-35(2,3)4)27-19-24(37)15-16-29(27)41-32(22)42-18-10-11-25(21-42)40-34(45)47-36(5,6)7/h8-9,12-13,15-16,19,23,25H,10-11,14,17-18,20-21H2,1-7H3,(H,39,44)(H,40,45). The van der Waals surface area contributed by atoms with Crippen molar-refractivity contribution in [2.75, 3.05) is 24.5 Å². The summed E-state index contributed by atoms with van der Waals surface area (Å²) in [6.45, 7) is 14.5. The summed E-state index contributed by atoms with van der Waals surface area (Å²) >= 11 is 10.2. The molecular weight excluding hydrogens is 684 g/mol. The number of piperidine rings is 1. The highest BCUT2D eigenvalue weighted by atomic mass is 79.9. The Morgan fingerprint density at radius 2 is 1.77 bits per heavy atom. The summed E-state index contributed by atoms with van der Waals surface area (Å²) in [5, 5.41) is 7.45. The van der Waals surface area contributed by atoms with Gasteiger partial charge in [0, 0.05) is 58.5 Å². The van der Waals surface area contributed by atoms with Crippen LogP contribution in [0.2, 0.25) is 5.02 Å². The fourth-order valence-corrected chi connectivity index (χ4v) is 6.49. The molecule has 1 aromatic heterocycles. The van der Waals surface area contributed by atoms with Crippen LogP contribution < -0.4 is 15.5 Å². The van der Waals surface area contributed by atoms with E-state index in [0.29, 0.717) is 34.9 Å². The zero-order valence-corrected chi connectivity index (χ0v) is 30.7. The van der Waals surface area contributed by atoms with Gasteiger partial charge in [0.2, 0.25) is 0 Å². The van der Waals surface area contributed by atoms with E-state index in [2.05, 4.69) is 31.5 Å². The smallest absolute Gasteiger partial charge is 0.407 e. The van der Waals surface area contributed by atoms with Crippen LogP contribution in [0.25, 0.3) is 10.9 Å². The van der Waals surface area contributed by atoms with Crippen molar-refractivity contribution in [1.29, 1.82) is 0 Å². The number of fused-ring (bicyclic) bond motifs is 1. The fourth-order valence-electron chi connectivity index (χ4n) is 5.84. The fraction of sp³-hybridized carbons (Fsp3) is 0.500. The number of hydrogen-bond acceptors (Lipinski definition) is 7. The number of rotatable bonds is 9. The van der Waals surface area contributed by atoms with Gasteiger partial charge in [0.15, 0.2) is 0 Å². The van der Waals surface area contributed by atoms with Crippen LogP contribution in [0.4, 0.5) is 10.6 Å². The van der Waals surface area contributed by atoms with Crippen LogP contribution in [0, 0.1) is 6.92 Å². The number of alkyl carbamates (subject to hydrolysis) is 1. The third-order valence-electron chi connectivity index (χ3n) is 7.80. The van der Waals surface area contributed by atoms with Gasteiger partial charge in [-0.1, -0.05) is 45.7 Å². The van der Waals surface area contributed by atoms with E-state index in [1.165, 1.54) is 0 Å². The third-order valence-corrected chi connectivity index (χ3v) is 8.64. The molecule has 1 saturated heterocycles. The summed E-state index contributed by atoms with van der Waals surface area (Å²) < 4.78 is 11.9. The minimum absolute atomic E-state index is 0.126. The van der Waals surface area contributed by atoms with E-state index in [9.17, 15) is 14.4 Å². The number of aromatic nitrogens is 1. The monoisotopic (exact) mass is 728 g/mol. The Labute approximate surface area is 291 Å². The second-order valence-corrected chi connectivity index (χ2v) is 15.4. The molecule has 254 valence electrons. The Hall–Kier alpha value is -3.37. The SMILES string of the molecule is Cc1c(N2CCCC(NC(=O)OC(C)(C)C)C2)nc2ccc(Br)cc2c1C(=O)NCC(CCC(=O)OC(C)(C)C)c1ccccc1Cl. The molecule has 3 aromatic rings. The lowest BCUT2D eigenvalue weighted by Gasteiger charge is -2.35. The lowest BCUT2D eigenvalue weighted by atomic mass is 9.93. The Morgan fingerprint density at radius 1 is 1.06 bits per heavy atom. The number of esters is 1. The average Bonchev–Trinajstić information content (AvgIpc) is 2.95. The highest BCUT2D eigenvalue weighted by Gasteiger charge is 2.29. The maximum absolute atomic E-state index is 14.1. The molecule has 0 saturated carbocycles. The number of ether oxygens (including phenoxy) is 2. The predicted octanol–water partition coefficient (Wildman–Crippen LogP) is 8.09. The maximum Gasteiger partial charge on any atom is 0.407 e. The Morgan fingerprint density at radius 3 is 2.45 bits per heavy atom. The Balaban J connectivity index is 1.60. The highest BCUT2D eigenvalue weighted by molar-refractivity contribution is 9.10. The van der Waals surface area contributed by atoms with Crippen molar-refractivity contribution in [2.45, 2.75) is 97.3 Å². The predicted molar refractivity (Wildman–Crippen MR) is 190 cm³/mol. The number of amides is 2. The van der Waals surface area contributed by atoms with Crippen molar-refractivity contribution in [1.82, 2.24) is 15.6 Å². The summed E-state index contributed by atoms with van der Waals surface area (Å²) in [7, 11) is 0. The van der Waals surface area contributed by atoms with Crippen molar-refractivity contribution in [2.24, 2.45) is 0 Å². The molecule has 2 heterocycles. The molecule has 1 aliphatic heterocycles. The van der Waals surface area contributed by atoms with Gasteiger partial charge in [-0.05, 0) is 97.6 Å². The number of nitrogens with zero attached hydrogens (tertiary/aromatic N) is 2. The van der Waals surface area contributed by atoms with Gasteiger partial charge in [0.05, 0.1) is 11.1 Å². The topological polar surface area (TPSA) is 110 Å². The molecule has 2 N–H and O–H groups in total. The van der Waals surface area contributed by atoms with Crippen LogP contribution in [-0.4, -0.2) is 59.8 Å². The lowest BCUT2D eigenvalue weighted by Crippen LogP contribution is -2.49. The van der Waals surface area contributed by atoms with Crippen molar-refractivity contribution >= 4 is 62.2 Å². The molecule has 47 heavy (non-hydrogen) atoms. The molecule has 9 nitrogen and oxygen atoms in total. The van der Waals surface area contributed by atoms with E-state index >= 15 is 0 Å². The van der Waals surface area contributed by atoms with E-state index in [4.69, 9.17) is 26.1 Å². The number of hydrogen-bond donors (Lipinski definition) is 2. The van der Waals surface area contributed by atoms with Crippen LogP contribution in [0.15, 0.2) is 46.9 Å². The molecule has 2 amide bonds. The first-order valence-corrected chi connectivity index (χ1v) is 17.3. The third kappa shape index (κ3) is 10.3. The zero-order valence-electron chi connectivity index (χ0n) is 28.3. The average molecular weight is 730 g/mol. The molecule has 2 aromatic carbocycles. The largest absolute Gasteiger partial charge is 0.460 e. The van der Waals surface area contributed by atoms with Gasteiger partial charge in [-0.2, -0.15) is 0 Å². The number of carbonyl (C=O) groups is 3. The molecule has 4 rings (SSSR count). The molecule has 0 spiro atoms. The van der Waals surface area contributed by atoms with Gasteiger partial charge in [0.25, 0.3) is 5.91 Å². The molecule has 0 radical (unpaired) electrons. The molecule has 0 aliphatic carbocycles. The van der Waals surface area contributed by atoms with Crippen molar-refractivity contribution < 1.29 is 23.9 Å². The minimum Gasteiger partial charge on any atom is -0.460 e. The van der Waals surface area contributed by atoms with Gasteiger partial charge in [-0.3, -0.25) is 9.59 Å². The molecule has 2 atom stereocenters. The molecular formula is C36H46BrClN4O5. The summed E-state index contributed by atoms with van der Waals surface area (Å²) in [6, 6.07) is 13.1. The van der Waals surface area contributed by atoms with Gasteiger partial charge < -0.3 is 25.0 Å². The number of carbonyl (C=O) groups excluding carboxylic acids is 3. The van der Waals surface area contributed by atoms with Gasteiger partial charge >= 0.3 is 12.1 Å². The normalized spacial score (nSPS) is 16.0. The second kappa shape index (κ2) is 15.2. The highest BCUT2D eigenvalue weighted by Crippen LogP contribution is 2.33. The summed E-state index contributed by atoms with van der Waals surface area (Å²) in [5.41, 5.74) is 1.64. The van der Waals surface area contributed by atoms with Gasteiger partial charge in [-0.25, -0.2) is 9.78 Å². The van der Waals surface area contributed by atoms with E-state index in [-0.39, 0.29) is 36.8 Å². The molecule has 1 aliphatic rings. The first-order chi connectivity index (χ1) is 22.0. The molecule has 2 unspecified atom stereocenters. The molecule has 11 heteroatoms. The van der Waals surface area contributed by atoms with Gasteiger partial charge in [-0.15, -0.1) is 0 Å². The van der Waals surface area contributed by atoms with E-state index in [1.807, 2.05) is 90.9 Å². The van der Waals surface area contributed by atoms with Crippen LogP contribution in [0.3, 0.4) is 0 Å². The zero-order chi connectivity index (χ0) is 34.5. The first-order valence-electron chi connectivity index (χ1n) is 16.1. The molecule has 0 bridgehead atoms. The number of anilines is 1. The maximum atomic E-state index is 14.1. The number of nitrogens with one attached hydrogen (secondary N) is 2. The first kappa shape index (κ1) is 36.5. The number of benzene rings is 2. The molecule has 1 fully saturated rings. The minimum atomic E-state index is -0.591. The van der Waals surface area contributed by atoms with Crippen LogP contribution >= 0.6 is 27.5 Å².